The number of pyridine rings is 1. The van der Waals surface area contributed by atoms with Crippen molar-refractivity contribution < 1.29 is 4.79 Å². The Morgan fingerprint density at radius 2 is 1.81 bits per heavy atom. The Morgan fingerprint density at radius 3 is 2.46 bits per heavy atom. The van der Waals surface area contributed by atoms with Gasteiger partial charge in [-0.2, -0.15) is 0 Å². The number of nitrogens with zero attached hydrogens (tertiary/aromatic N) is 4. The number of thioether (sulfide) groups is 1. The molecule has 0 spiro atoms. The van der Waals surface area contributed by atoms with Crippen LogP contribution in [0.15, 0.2) is 53.9 Å². The molecule has 2 heterocycles. The van der Waals surface area contributed by atoms with Gasteiger partial charge < -0.3 is 9.88 Å². The zero-order chi connectivity index (χ0) is 18.5. The number of aromatic nitrogens is 4. The third-order valence-electron chi connectivity index (χ3n) is 3.97. The van der Waals surface area contributed by atoms with Crippen molar-refractivity contribution >= 4 is 23.4 Å². The van der Waals surface area contributed by atoms with Crippen molar-refractivity contribution in [3.8, 4) is 11.4 Å². The van der Waals surface area contributed by atoms with E-state index in [9.17, 15) is 4.79 Å². The third-order valence-corrected chi connectivity index (χ3v) is 4.99. The minimum Gasteiger partial charge on any atom is -0.325 e. The fraction of sp³-hybridized carbons (Fsp3) is 0.263. The summed E-state index contributed by atoms with van der Waals surface area (Å²) < 4.78 is 1.88. The molecule has 0 bridgehead atoms. The third kappa shape index (κ3) is 4.29. The van der Waals surface area contributed by atoms with Crippen LogP contribution in [0, 0.1) is 0 Å². The van der Waals surface area contributed by atoms with E-state index in [1.54, 1.807) is 12.4 Å². The summed E-state index contributed by atoms with van der Waals surface area (Å²) in [5, 5.41) is 12.0. The number of hydrogen-bond acceptors (Lipinski definition) is 5. The van der Waals surface area contributed by atoms with E-state index in [1.807, 2.05) is 48.0 Å². The van der Waals surface area contributed by atoms with Gasteiger partial charge in [-0.25, -0.2) is 0 Å². The second-order valence-electron chi connectivity index (χ2n) is 6.21. The number of nitrogens with one attached hydrogen (secondary N) is 1. The van der Waals surface area contributed by atoms with Crippen LogP contribution in [-0.2, 0) is 11.8 Å². The first-order valence-corrected chi connectivity index (χ1v) is 9.35. The molecule has 6 nitrogen and oxygen atoms in total. The van der Waals surface area contributed by atoms with Crippen molar-refractivity contribution in [3.05, 3.63) is 54.4 Å². The Kier molecular flexibility index (Phi) is 5.68. The number of rotatable bonds is 6. The van der Waals surface area contributed by atoms with Gasteiger partial charge in [0.25, 0.3) is 0 Å². The largest absolute Gasteiger partial charge is 0.325 e. The number of anilines is 1. The van der Waals surface area contributed by atoms with E-state index in [4.69, 9.17) is 0 Å². The molecule has 2 aromatic heterocycles. The molecule has 0 aliphatic rings. The Morgan fingerprint density at radius 1 is 1.12 bits per heavy atom. The second-order valence-corrected chi connectivity index (χ2v) is 7.16. The molecular formula is C19H21N5OS. The van der Waals surface area contributed by atoms with Gasteiger partial charge in [-0.1, -0.05) is 37.7 Å². The minimum absolute atomic E-state index is 0.0687. The van der Waals surface area contributed by atoms with Crippen LogP contribution in [0.4, 0.5) is 5.69 Å². The highest BCUT2D eigenvalue weighted by molar-refractivity contribution is 7.99. The van der Waals surface area contributed by atoms with E-state index in [-0.39, 0.29) is 11.7 Å². The molecule has 1 N–H and O–H groups in total. The van der Waals surface area contributed by atoms with Crippen molar-refractivity contribution in [2.45, 2.75) is 24.9 Å². The lowest BCUT2D eigenvalue weighted by atomic mass is 10.0. The van der Waals surface area contributed by atoms with Gasteiger partial charge in [-0.15, -0.1) is 10.2 Å². The van der Waals surface area contributed by atoms with Crippen molar-refractivity contribution in [2.75, 3.05) is 11.1 Å². The molecule has 0 fully saturated rings. The standard InChI is InChI=1S/C19H21N5OS/c1-13(2)14-4-6-16(7-5-14)21-17(25)12-26-19-23-22-18(24(19)3)15-8-10-20-11-9-15/h4-11,13H,12H2,1-3H3,(H,21,25). The first-order chi connectivity index (χ1) is 12.5. The molecule has 1 amide bonds. The number of benzene rings is 1. The lowest BCUT2D eigenvalue weighted by Gasteiger charge is -2.08. The summed E-state index contributed by atoms with van der Waals surface area (Å²) in [7, 11) is 1.89. The van der Waals surface area contributed by atoms with Gasteiger partial charge in [0, 0.05) is 30.7 Å². The molecule has 0 saturated carbocycles. The zero-order valence-electron chi connectivity index (χ0n) is 15.0. The quantitative estimate of drug-likeness (QED) is 0.672. The van der Waals surface area contributed by atoms with Crippen LogP contribution >= 0.6 is 11.8 Å². The molecule has 0 aliphatic heterocycles. The van der Waals surface area contributed by atoms with Gasteiger partial charge in [0.2, 0.25) is 5.91 Å². The molecular weight excluding hydrogens is 346 g/mol. The normalized spacial score (nSPS) is 10.9. The summed E-state index contributed by atoms with van der Waals surface area (Å²) in [5.41, 5.74) is 2.99. The van der Waals surface area contributed by atoms with Crippen LogP contribution in [0.2, 0.25) is 0 Å². The van der Waals surface area contributed by atoms with Gasteiger partial charge in [0.15, 0.2) is 11.0 Å². The summed E-state index contributed by atoms with van der Waals surface area (Å²) in [5.74, 6) is 1.43. The van der Waals surface area contributed by atoms with Crippen molar-refractivity contribution in [1.82, 2.24) is 19.7 Å². The minimum atomic E-state index is -0.0687. The van der Waals surface area contributed by atoms with Gasteiger partial charge in [-0.05, 0) is 35.7 Å². The lowest BCUT2D eigenvalue weighted by Crippen LogP contribution is -2.14. The molecule has 1 aromatic carbocycles. The molecule has 26 heavy (non-hydrogen) atoms. The average molecular weight is 367 g/mol. The molecule has 7 heteroatoms. The topological polar surface area (TPSA) is 72.7 Å². The number of amides is 1. The number of carbonyl (C=O) groups excluding carboxylic acids is 1. The Balaban J connectivity index is 1.59. The highest BCUT2D eigenvalue weighted by Gasteiger charge is 2.13. The van der Waals surface area contributed by atoms with Crippen LogP contribution in [0.3, 0.4) is 0 Å². The lowest BCUT2D eigenvalue weighted by molar-refractivity contribution is -0.113. The maximum absolute atomic E-state index is 12.2. The predicted octanol–water partition coefficient (Wildman–Crippen LogP) is 3.73. The maximum Gasteiger partial charge on any atom is 0.234 e. The number of carbonyl (C=O) groups is 1. The summed E-state index contributed by atoms with van der Waals surface area (Å²) in [4.78, 5) is 16.2. The summed E-state index contributed by atoms with van der Waals surface area (Å²) >= 11 is 1.36. The van der Waals surface area contributed by atoms with Gasteiger partial charge in [0.05, 0.1) is 5.75 Å². The fourth-order valence-electron chi connectivity index (χ4n) is 2.47. The van der Waals surface area contributed by atoms with Crippen LogP contribution < -0.4 is 5.32 Å². The first-order valence-electron chi connectivity index (χ1n) is 8.37. The van der Waals surface area contributed by atoms with Gasteiger partial charge in [-0.3, -0.25) is 9.78 Å². The van der Waals surface area contributed by atoms with E-state index in [0.717, 1.165) is 17.1 Å². The molecule has 0 atom stereocenters. The van der Waals surface area contributed by atoms with E-state index >= 15 is 0 Å². The van der Waals surface area contributed by atoms with Gasteiger partial charge in [0.1, 0.15) is 0 Å². The number of hydrogen-bond donors (Lipinski definition) is 1. The Hall–Kier alpha value is -2.67. The monoisotopic (exact) mass is 367 g/mol. The molecule has 0 aliphatic carbocycles. The Bertz CT molecular complexity index is 875. The van der Waals surface area contributed by atoms with E-state index in [1.165, 1.54) is 17.3 Å². The van der Waals surface area contributed by atoms with Crippen LogP contribution in [-0.4, -0.2) is 31.4 Å². The fourth-order valence-corrected chi connectivity index (χ4v) is 3.18. The summed E-state index contributed by atoms with van der Waals surface area (Å²) in [6.45, 7) is 4.29. The summed E-state index contributed by atoms with van der Waals surface area (Å²) in [6.07, 6.45) is 3.43. The maximum atomic E-state index is 12.2. The van der Waals surface area contributed by atoms with Crippen molar-refractivity contribution in [1.29, 1.82) is 0 Å². The molecule has 0 unspecified atom stereocenters. The molecule has 0 radical (unpaired) electrons. The average Bonchev–Trinajstić information content (AvgIpc) is 3.02. The molecule has 3 aromatic rings. The van der Waals surface area contributed by atoms with Crippen molar-refractivity contribution in [3.63, 3.8) is 0 Å². The molecule has 134 valence electrons. The molecule has 3 rings (SSSR count). The van der Waals surface area contributed by atoms with Crippen LogP contribution in [0.5, 0.6) is 0 Å². The van der Waals surface area contributed by atoms with E-state index in [0.29, 0.717) is 11.1 Å². The smallest absolute Gasteiger partial charge is 0.234 e. The van der Waals surface area contributed by atoms with E-state index in [2.05, 4.69) is 34.3 Å². The van der Waals surface area contributed by atoms with Crippen molar-refractivity contribution in [2.24, 2.45) is 7.05 Å². The summed E-state index contributed by atoms with van der Waals surface area (Å²) in [6, 6.07) is 11.7. The van der Waals surface area contributed by atoms with Crippen LogP contribution in [0.25, 0.3) is 11.4 Å². The highest BCUT2D eigenvalue weighted by atomic mass is 32.2. The zero-order valence-corrected chi connectivity index (χ0v) is 15.8. The van der Waals surface area contributed by atoms with Gasteiger partial charge >= 0.3 is 0 Å². The Labute approximate surface area is 157 Å². The van der Waals surface area contributed by atoms with E-state index < -0.39 is 0 Å². The second kappa shape index (κ2) is 8.14. The first kappa shape index (κ1) is 18.1. The predicted molar refractivity (Wildman–Crippen MR) is 104 cm³/mol. The highest BCUT2D eigenvalue weighted by Crippen LogP contribution is 2.22. The molecule has 0 saturated heterocycles. The van der Waals surface area contributed by atoms with Crippen LogP contribution in [0.1, 0.15) is 25.3 Å². The SMILES string of the molecule is CC(C)c1ccc(NC(=O)CSc2nnc(-c3ccncc3)n2C)cc1.